The summed E-state index contributed by atoms with van der Waals surface area (Å²) in [5, 5.41) is 13.9. The second-order valence-corrected chi connectivity index (χ2v) is 11.0. The Bertz CT molecular complexity index is 960. The molecule has 2 aromatic rings. The molecular weight excluding hydrogens is 502 g/mol. The Morgan fingerprint density at radius 2 is 1.84 bits per heavy atom. The van der Waals surface area contributed by atoms with Crippen LogP contribution in [0.2, 0.25) is 0 Å². The molecule has 0 bridgehead atoms. The van der Waals surface area contributed by atoms with Crippen LogP contribution in [-0.2, 0) is 9.59 Å². The number of carbonyl (C=O) groups excluding carboxylic acids is 3. The molecule has 1 aromatic carbocycles. The van der Waals surface area contributed by atoms with Crippen molar-refractivity contribution in [3.8, 4) is 0 Å². The van der Waals surface area contributed by atoms with E-state index in [0.29, 0.717) is 23.1 Å². The number of benzene rings is 1. The quantitative estimate of drug-likeness (QED) is 0.387. The number of amides is 2. The summed E-state index contributed by atoms with van der Waals surface area (Å²) in [6, 6.07) is 8.40. The second kappa shape index (κ2) is 17.7. The first-order valence-electron chi connectivity index (χ1n) is 12.9. The number of Topliss-reactive ketones (excluding diaryl/α,β-unsaturated/α-hetero) is 1. The lowest BCUT2D eigenvalue weighted by Gasteiger charge is -2.32. The van der Waals surface area contributed by atoms with Crippen molar-refractivity contribution in [3.63, 3.8) is 0 Å². The van der Waals surface area contributed by atoms with Crippen LogP contribution in [0.25, 0.3) is 0 Å². The highest BCUT2D eigenvalue weighted by atomic mass is 32.2. The molecule has 1 aliphatic rings. The summed E-state index contributed by atoms with van der Waals surface area (Å²) >= 11 is 1.57. The lowest BCUT2D eigenvalue weighted by Crippen LogP contribution is -2.51. The number of hydrogen-bond acceptors (Lipinski definition) is 8. The van der Waals surface area contributed by atoms with Crippen LogP contribution < -0.4 is 10.6 Å². The second-order valence-electron chi connectivity index (χ2n) is 9.99. The third-order valence-corrected chi connectivity index (χ3v) is 6.89. The molecule has 38 heavy (non-hydrogen) atoms. The zero-order valence-electron chi connectivity index (χ0n) is 22.6. The van der Waals surface area contributed by atoms with Crippen LogP contribution in [-0.4, -0.2) is 71.2 Å². The molecule has 1 unspecified atom stereocenters. The summed E-state index contributed by atoms with van der Waals surface area (Å²) in [7, 11) is 4.07. The fourth-order valence-electron chi connectivity index (χ4n) is 4.08. The fourth-order valence-corrected chi connectivity index (χ4v) is 4.92. The summed E-state index contributed by atoms with van der Waals surface area (Å²) in [5.41, 5.74) is 0.596. The van der Waals surface area contributed by atoms with Crippen molar-refractivity contribution in [2.45, 2.75) is 77.6 Å². The van der Waals surface area contributed by atoms with E-state index in [9.17, 15) is 14.4 Å². The van der Waals surface area contributed by atoms with Gasteiger partial charge in [-0.2, -0.15) is 0 Å². The van der Waals surface area contributed by atoms with Gasteiger partial charge in [-0.05, 0) is 58.3 Å². The molecule has 214 valence electrons. The number of carbonyl (C=O) groups is 3. The molecule has 0 spiro atoms. The summed E-state index contributed by atoms with van der Waals surface area (Å²) in [4.78, 5) is 39.2. The summed E-state index contributed by atoms with van der Waals surface area (Å²) in [5.74, 6) is 0.724. The fraction of sp³-hybridized carbons (Fsp3) is 0.607. The van der Waals surface area contributed by atoms with Gasteiger partial charge in [0.1, 0.15) is 0 Å². The van der Waals surface area contributed by atoms with Crippen LogP contribution >= 0.6 is 11.8 Å². The molecule has 0 radical (unpaired) electrons. The van der Waals surface area contributed by atoms with Crippen molar-refractivity contribution in [1.29, 1.82) is 0 Å². The largest absolute Gasteiger partial charge is 0.419 e. The molecule has 1 aromatic heterocycles. The van der Waals surface area contributed by atoms with Gasteiger partial charge in [-0.3, -0.25) is 14.4 Å². The highest BCUT2D eigenvalue weighted by Crippen LogP contribution is 2.25. The van der Waals surface area contributed by atoms with E-state index in [0.717, 1.165) is 38.0 Å². The Morgan fingerprint density at radius 3 is 2.42 bits per heavy atom. The Kier molecular flexibility index (Phi) is 15.5. The SMILES string of the molecule is C.CC(=O)C(CC(C)C)NC(=O)[C@@H]1CCCC[C@@H]1NC(=O)c1ccccc1.CN(C)CCSc1nnco1.[HH]. The monoisotopic (exact) mass is 549 g/mol. The van der Waals surface area contributed by atoms with Crippen LogP contribution in [0.5, 0.6) is 0 Å². The average molecular weight is 550 g/mol. The summed E-state index contributed by atoms with van der Waals surface area (Å²) < 4.78 is 4.94. The van der Waals surface area contributed by atoms with Crippen molar-refractivity contribution in [2.75, 3.05) is 26.4 Å². The molecule has 9 nitrogen and oxygen atoms in total. The van der Waals surface area contributed by atoms with E-state index in [1.54, 1.807) is 23.9 Å². The first-order chi connectivity index (χ1) is 17.7. The molecule has 3 rings (SSSR count). The van der Waals surface area contributed by atoms with Gasteiger partial charge in [0.05, 0.1) is 12.0 Å². The highest BCUT2D eigenvalue weighted by molar-refractivity contribution is 7.99. The zero-order chi connectivity index (χ0) is 27.2. The molecule has 1 fully saturated rings. The summed E-state index contributed by atoms with van der Waals surface area (Å²) in [6.45, 7) is 6.60. The van der Waals surface area contributed by atoms with Gasteiger partial charge in [0.15, 0.2) is 5.78 Å². The number of ketones is 1. The molecule has 3 atom stereocenters. The van der Waals surface area contributed by atoms with Crippen molar-refractivity contribution < 1.29 is 20.2 Å². The standard InChI is InChI=1S/C21H30N2O3.C6H11N3OS.CH4.H2/c1-14(2)13-19(15(3)24)23-21(26)17-11-7-8-12-18(17)22-20(25)16-9-5-4-6-10-16;1-9(2)3-4-11-6-8-7-5-10-6;;/h4-6,9-10,14,17-19H,7-8,11-13H2,1-3H3,(H,22,25)(H,23,26);5H,3-4H2,1-2H3;1H4;1H/t17-,18+,19?;;;/m1.../s1. The van der Waals surface area contributed by atoms with Crippen LogP contribution in [0.4, 0.5) is 0 Å². The Morgan fingerprint density at radius 1 is 1.16 bits per heavy atom. The van der Waals surface area contributed by atoms with E-state index in [-0.39, 0.29) is 38.4 Å². The van der Waals surface area contributed by atoms with E-state index < -0.39 is 6.04 Å². The zero-order valence-corrected chi connectivity index (χ0v) is 23.4. The van der Waals surface area contributed by atoms with E-state index in [1.165, 1.54) is 13.3 Å². The Labute approximate surface area is 233 Å². The van der Waals surface area contributed by atoms with Crippen molar-refractivity contribution in [2.24, 2.45) is 11.8 Å². The number of nitrogens with one attached hydrogen (secondary N) is 2. The van der Waals surface area contributed by atoms with E-state index in [1.807, 2.05) is 46.1 Å². The molecule has 0 saturated heterocycles. The molecule has 2 amide bonds. The predicted molar refractivity (Wildman–Crippen MR) is 154 cm³/mol. The minimum Gasteiger partial charge on any atom is -0.419 e. The van der Waals surface area contributed by atoms with Gasteiger partial charge >= 0.3 is 0 Å². The van der Waals surface area contributed by atoms with Crippen molar-refractivity contribution in [1.82, 2.24) is 25.7 Å². The minimum absolute atomic E-state index is 0. The van der Waals surface area contributed by atoms with Gasteiger partial charge in [0.2, 0.25) is 12.3 Å². The maximum atomic E-state index is 12.8. The number of hydrogen-bond donors (Lipinski definition) is 2. The molecule has 1 saturated carbocycles. The number of rotatable bonds is 11. The number of aromatic nitrogens is 2. The van der Waals surface area contributed by atoms with E-state index in [4.69, 9.17) is 4.42 Å². The predicted octanol–water partition coefficient (Wildman–Crippen LogP) is 4.70. The Balaban J connectivity index is 0.000000939. The molecule has 10 heteroatoms. The van der Waals surface area contributed by atoms with Gasteiger partial charge in [-0.1, -0.05) is 64.1 Å². The molecule has 0 aliphatic heterocycles. The maximum Gasteiger partial charge on any atom is 0.276 e. The van der Waals surface area contributed by atoms with Crippen LogP contribution in [0.3, 0.4) is 0 Å². The van der Waals surface area contributed by atoms with Crippen LogP contribution in [0.15, 0.2) is 46.4 Å². The third kappa shape index (κ3) is 12.2. The van der Waals surface area contributed by atoms with Gasteiger partial charge < -0.3 is 20.0 Å². The van der Waals surface area contributed by atoms with Gasteiger partial charge in [-0.15, -0.1) is 10.2 Å². The molecule has 1 aliphatic carbocycles. The molecule has 1 heterocycles. The lowest BCUT2D eigenvalue weighted by molar-refractivity contribution is -0.131. The first kappa shape index (κ1) is 33.3. The third-order valence-electron chi connectivity index (χ3n) is 6.07. The average Bonchev–Trinajstić information content (AvgIpc) is 3.38. The van der Waals surface area contributed by atoms with Crippen LogP contribution in [0, 0.1) is 11.8 Å². The summed E-state index contributed by atoms with van der Waals surface area (Å²) in [6.07, 6.45) is 5.45. The van der Waals surface area contributed by atoms with Gasteiger partial charge in [0.25, 0.3) is 11.1 Å². The smallest absolute Gasteiger partial charge is 0.276 e. The van der Waals surface area contributed by atoms with E-state index >= 15 is 0 Å². The molecular formula is C28H47N5O4S. The van der Waals surface area contributed by atoms with Crippen molar-refractivity contribution >= 4 is 29.4 Å². The minimum atomic E-state index is -0.449. The topological polar surface area (TPSA) is 117 Å². The highest BCUT2D eigenvalue weighted by Gasteiger charge is 2.33. The Hall–Kier alpha value is -2.72. The van der Waals surface area contributed by atoms with Gasteiger partial charge in [0, 0.05) is 25.3 Å². The number of nitrogens with zero attached hydrogens (tertiary/aromatic N) is 3. The van der Waals surface area contributed by atoms with Gasteiger partial charge in [-0.25, -0.2) is 0 Å². The van der Waals surface area contributed by atoms with Crippen molar-refractivity contribution in [3.05, 3.63) is 42.3 Å². The lowest BCUT2D eigenvalue weighted by atomic mass is 9.83. The number of thioether (sulfide) groups is 1. The first-order valence-corrected chi connectivity index (χ1v) is 13.9. The van der Waals surface area contributed by atoms with Crippen LogP contribution in [0.1, 0.15) is 72.1 Å². The van der Waals surface area contributed by atoms with E-state index in [2.05, 4.69) is 25.7 Å². The molecule has 2 N–H and O–H groups in total. The normalized spacial score (nSPS) is 17.6. The maximum absolute atomic E-state index is 12.8.